The quantitative estimate of drug-likeness (QED) is 0.755. The van der Waals surface area contributed by atoms with E-state index in [0.29, 0.717) is 18.4 Å². The van der Waals surface area contributed by atoms with Crippen LogP contribution in [0.1, 0.15) is 63.0 Å². The van der Waals surface area contributed by atoms with E-state index in [1.54, 1.807) is 11.0 Å². The van der Waals surface area contributed by atoms with Gasteiger partial charge in [0.1, 0.15) is 25.0 Å². The van der Waals surface area contributed by atoms with E-state index in [2.05, 4.69) is 31.8 Å². The third kappa shape index (κ3) is 3.78. The molecule has 1 aliphatic carbocycles. The summed E-state index contributed by atoms with van der Waals surface area (Å²) >= 11 is 0. The fourth-order valence-electron chi connectivity index (χ4n) is 3.85. The summed E-state index contributed by atoms with van der Waals surface area (Å²) in [4.78, 5) is 18.4. The smallest absolute Gasteiger partial charge is 0.222 e. The molecule has 0 bridgehead atoms. The van der Waals surface area contributed by atoms with Crippen LogP contribution in [0.3, 0.4) is 0 Å². The van der Waals surface area contributed by atoms with Crippen molar-refractivity contribution in [2.45, 2.75) is 64.5 Å². The molecule has 8 nitrogen and oxygen atoms in total. The second kappa shape index (κ2) is 7.55. The Morgan fingerprint density at radius 1 is 1.19 bits per heavy atom. The van der Waals surface area contributed by atoms with Gasteiger partial charge in [-0.3, -0.25) is 4.79 Å². The van der Waals surface area contributed by atoms with Crippen molar-refractivity contribution in [1.29, 1.82) is 0 Å². The summed E-state index contributed by atoms with van der Waals surface area (Å²) in [7, 11) is 0. The molecule has 0 N–H and O–H groups in total. The molecular formula is C18H27N7O. The van der Waals surface area contributed by atoms with Crippen LogP contribution in [0, 0.1) is 5.92 Å². The fourth-order valence-corrected chi connectivity index (χ4v) is 3.85. The Morgan fingerprint density at radius 2 is 2.00 bits per heavy atom. The zero-order valence-electron chi connectivity index (χ0n) is 15.4. The molecule has 1 aliphatic heterocycles. The average Bonchev–Trinajstić information content (AvgIpc) is 3.19. The van der Waals surface area contributed by atoms with Gasteiger partial charge in [0.15, 0.2) is 5.82 Å². The van der Waals surface area contributed by atoms with Gasteiger partial charge in [-0.2, -0.15) is 5.10 Å². The Kier molecular flexibility index (Phi) is 4.99. The van der Waals surface area contributed by atoms with E-state index in [-0.39, 0.29) is 0 Å². The Bertz CT molecular complexity index is 727. The minimum absolute atomic E-state index is 0.333. The van der Waals surface area contributed by atoms with Gasteiger partial charge in [0.2, 0.25) is 5.91 Å². The Balaban J connectivity index is 1.36. The van der Waals surface area contributed by atoms with Gasteiger partial charge in [0, 0.05) is 32.0 Å². The highest BCUT2D eigenvalue weighted by Gasteiger charge is 2.29. The average molecular weight is 357 g/mol. The van der Waals surface area contributed by atoms with Crippen LogP contribution in [0.4, 0.5) is 0 Å². The van der Waals surface area contributed by atoms with Crippen molar-refractivity contribution in [3.05, 3.63) is 24.3 Å². The molecule has 4 rings (SSSR count). The molecule has 2 fully saturated rings. The zero-order valence-corrected chi connectivity index (χ0v) is 15.4. The predicted molar refractivity (Wildman–Crippen MR) is 95.3 cm³/mol. The third-order valence-corrected chi connectivity index (χ3v) is 5.62. The molecule has 3 heterocycles. The van der Waals surface area contributed by atoms with Crippen LogP contribution >= 0.6 is 0 Å². The van der Waals surface area contributed by atoms with Crippen molar-refractivity contribution < 1.29 is 4.79 Å². The van der Waals surface area contributed by atoms with Gasteiger partial charge < -0.3 is 9.47 Å². The van der Waals surface area contributed by atoms with Crippen LogP contribution in [0.2, 0.25) is 0 Å². The molecule has 8 heteroatoms. The van der Waals surface area contributed by atoms with Crippen molar-refractivity contribution in [2.24, 2.45) is 5.92 Å². The minimum atomic E-state index is 0.333. The number of carbonyl (C=O) groups is 1. The van der Waals surface area contributed by atoms with Gasteiger partial charge >= 0.3 is 0 Å². The van der Waals surface area contributed by atoms with Gasteiger partial charge in [-0.25, -0.2) is 9.67 Å². The van der Waals surface area contributed by atoms with Crippen LogP contribution in [0.15, 0.2) is 12.7 Å². The molecule has 2 aromatic rings. The first-order valence-electron chi connectivity index (χ1n) is 9.76. The summed E-state index contributed by atoms with van der Waals surface area (Å²) in [6.07, 6.45) is 9.60. The molecule has 0 spiro atoms. The highest BCUT2D eigenvalue weighted by molar-refractivity contribution is 5.76. The highest BCUT2D eigenvalue weighted by atomic mass is 16.2. The fraction of sp³-hybridized carbons (Fsp3) is 0.722. The lowest BCUT2D eigenvalue weighted by Crippen LogP contribution is -2.38. The summed E-state index contributed by atoms with van der Waals surface area (Å²) in [5.41, 5.74) is 0. The summed E-state index contributed by atoms with van der Waals surface area (Å²) in [5, 5.41) is 13.0. The Labute approximate surface area is 153 Å². The first-order chi connectivity index (χ1) is 12.7. The van der Waals surface area contributed by atoms with E-state index in [4.69, 9.17) is 0 Å². The van der Waals surface area contributed by atoms with Crippen molar-refractivity contribution >= 4 is 5.91 Å². The first kappa shape index (κ1) is 17.2. The number of carbonyl (C=O) groups excluding carboxylic acids is 1. The molecule has 2 aliphatic rings. The second-order valence-corrected chi connectivity index (χ2v) is 7.45. The lowest BCUT2D eigenvalue weighted by Gasteiger charge is -2.31. The Hall–Kier alpha value is -2.25. The molecule has 2 aromatic heterocycles. The molecule has 0 radical (unpaired) electrons. The van der Waals surface area contributed by atoms with E-state index >= 15 is 0 Å². The first-order valence-corrected chi connectivity index (χ1v) is 9.76. The number of likely N-dealkylation sites (tertiary alicyclic amines) is 1. The van der Waals surface area contributed by atoms with Crippen LogP contribution in [-0.4, -0.2) is 53.4 Å². The molecule has 0 atom stereocenters. The van der Waals surface area contributed by atoms with Crippen molar-refractivity contribution in [3.8, 4) is 0 Å². The molecule has 0 aromatic carbocycles. The second-order valence-electron chi connectivity index (χ2n) is 7.45. The number of hydrogen-bond donors (Lipinski definition) is 0. The van der Waals surface area contributed by atoms with Crippen molar-refractivity contribution in [2.75, 3.05) is 13.1 Å². The number of rotatable bonds is 7. The van der Waals surface area contributed by atoms with Crippen LogP contribution < -0.4 is 0 Å². The molecule has 1 amide bonds. The topological polar surface area (TPSA) is 81.7 Å². The number of nitrogens with zero attached hydrogens (tertiary/aromatic N) is 7. The lowest BCUT2D eigenvalue weighted by molar-refractivity contribution is -0.132. The normalized spacial score (nSPS) is 18.4. The highest BCUT2D eigenvalue weighted by Crippen LogP contribution is 2.34. The van der Waals surface area contributed by atoms with Gasteiger partial charge in [-0.15, -0.1) is 10.2 Å². The maximum atomic E-state index is 12.4. The minimum Gasteiger partial charge on any atom is -0.343 e. The maximum Gasteiger partial charge on any atom is 0.222 e. The standard InChI is InChI=1S/C18H27N7O/c1-2-25-16(11-24-13-19-12-20-24)21-22-18(25)15-7-9-23(10-8-15)17(26)6-5-14-3-4-14/h12-15H,2-11H2,1H3. The molecule has 1 saturated carbocycles. The van der Waals surface area contributed by atoms with Crippen LogP contribution in [-0.2, 0) is 17.9 Å². The summed E-state index contributed by atoms with van der Waals surface area (Å²) in [6.45, 7) is 5.22. The van der Waals surface area contributed by atoms with E-state index in [0.717, 1.165) is 62.9 Å². The summed E-state index contributed by atoms with van der Waals surface area (Å²) in [5.74, 6) is 3.49. The van der Waals surface area contributed by atoms with Crippen molar-refractivity contribution in [1.82, 2.24) is 34.4 Å². The molecular weight excluding hydrogens is 330 g/mol. The summed E-state index contributed by atoms with van der Waals surface area (Å²) < 4.78 is 3.96. The van der Waals surface area contributed by atoms with Crippen LogP contribution in [0.25, 0.3) is 0 Å². The molecule has 26 heavy (non-hydrogen) atoms. The SMILES string of the molecule is CCn1c(Cn2cncn2)nnc1C1CCN(C(=O)CCC2CC2)CC1. The lowest BCUT2D eigenvalue weighted by atomic mass is 9.95. The van der Waals surface area contributed by atoms with Gasteiger partial charge in [0.25, 0.3) is 0 Å². The molecule has 1 saturated heterocycles. The molecule has 0 unspecified atom stereocenters. The predicted octanol–water partition coefficient (Wildman–Crippen LogP) is 1.83. The number of aromatic nitrogens is 6. The number of piperidine rings is 1. The van der Waals surface area contributed by atoms with E-state index < -0.39 is 0 Å². The number of amides is 1. The zero-order chi connectivity index (χ0) is 17.9. The van der Waals surface area contributed by atoms with E-state index in [1.165, 1.54) is 19.2 Å². The van der Waals surface area contributed by atoms with Crippen molar-refractivity contribution in [3.63, 3.8) is 0 Å². The van der Waals surface area contributed by atoms with E-state index in [1.807, 2.05) is 4.90 Å². The van der Waals surface area contributed by atoms with Gasteiger partial charge in [-0.1, -0.05) is 12.8 Å². The largest absolute Gasteiger partial charge is 0.343 e. The Morgan fingerprint density at radius 3 is 2.65 bits per heavy atom. The summed E-state index contributed by atoms with van der Waals surface area (Å²) in [6, 6.07) is 0. The van der Waals surface area contributed by atoms with Gasteiger partial charge in [-0.05, 0) is 32.1 Å². The van der Waals surface area contributed by atoms with Gasteiger partial charge in [0.05, 0.1) is 0 Å². The maximum absolute atomic E-state index is 12.4. The third-order valence-electron chi connectivity index (χ3n) is 5.62. The van der Waals surface area contributed by atoms with E-state index in [9.17, 15) is 4.79 Å². The monoisotopic (exact) mass is 357 g/mol. The molecule has 140 valence electrons. The number of hydrogen-bond acceptors (Lipinski definition) is 5. The van der Waals surface area contributed by atoms with Crippen LogP contribution in [0.5, 0.6) is 0 Å².